The van der Waals surface area contributed by atoms with Gasteiger partial charge in [0.1, 0.15) is 5.69 Å². The number of halogens is 1. The summed E-state index contributed by atoms with van der Waals surface area (Å²) in [6.45, 7) is 2.75. The van der Waals surface area contributed by atoms with E-state index in [-0.39, 0.29) is 5.91 Å². The molecule has 0 aliphatic carbocycles. The predicted molar refractivity (Wildman–Crippen MR) is 107 cm³/mol. The number of hydrogen-bond acceptors (Lipinski definition) is 4. The first-order valence-corrected chi connectivity index (χ1v) is 9.28. The SMILES string of the molecule is O=C(c1ccccc1)N1CCN(c2cc(Cl)nnc2-c2ccccc2)CC1. The molecule has 136 valence electrons. The van der Waals surface area contributed by atoms with Crippen LogP contribution in [-0.2, 0) is 0 Å². The highest BCUT2D eigenvalue weighted by Crippen LogP contribution is 2.30. The minimum Gasteiger partial charge on any atom is -0.366 e. The average molecular weight is 379 g/mol. The minimum atomic E-state index is 0.0735. The molecule has 0 radical (unpaired) electrons. The van der Waals surface area contributed by atoms with Gasteiger partial charge in [0.15, 0.2) is 5.15 Å². The lowest BCUT2D eigenvalue weighted by atomic mass is 10.1. The van der Waals surface area contributed by atoms with Gasteiger partial charge in [-0.25, -0.2) is 0 Å². The van der Waals surface area contributed by atoms with Crippen LogP contribution in [0.3, 0.4) is 0 Å². The van der Waals surface area contributed by atoms with E-state index in [0.717, 1.165) is 35.6 Å². The fraction of sp³-hybridized carbons (Fsp3) is 0.190. The molecule has 5 nitrogen and oxygen atoms in total. The highest BCUT2D eigenvalue weighted by molar-refractivity contribution is 6.29. The quantitative estimate of drug-likeness (QED) is 0.696. The number of rotatable bonds is 3. The number of amides is 1. The molecule has 0 spiro atoms. The van der Waals surface area contributed by atoms with Gasteiger partial charge in [0, 0.05) is 43.4 Å². The molecule has 1 aliphatic rings. The highest BCUT2D eigenvalue weighted by atomic mass is 35.5. The van der Waals surface area contributed by atoms with E-state index in [0.29, 0.717) is 18.2 Å². The summed E-state index contributed by atoms with van der Waals surface area (Å²) in [4.78, 5) is 16.8. The second-order valence-corrected chi connectivity index (χ2v) is 6.80. The summed E-state index contributed by atoms with van der Waals surface area (Å²) < 4.78 is 0. The van der Waals surface area contributed by atoms with E-state index < -0.39 is 0 Å². The summed E-state index contributed by atoms with van der Waals surface area (Å²) in [7, 11) is 0. The third kappa shape index (κ3) is 3.78. The number of nitrogens with zero attached hydrogens (tertiary/aromatic N) is 4. The summed E-state index contributed by atoms with van der Waals surface area (Å²) in [5.41, 5.74) is 3.49. The lowest BCUT2D eigenvalue weighted by Crippen LogP contribution is -2.49. The molecule has 0 N–H and O–H groups in total. The molecule has 0 saturated carbocycles. The molecule has 1 aliphatic heterocycles. The Balaban J connectivity index is 1.53. The van der Waals surface area contributed by atoms with E-state index in [1.54, 1.807) is 0 Å². The first kappa shape index (κ1) is 17.5. The van der Waals surface area contributed by atoms with Gasteiger partial charge in [-0.15, -0.1) is 10.2 Å². The second kappa shape index (κ2) is 7.76. The number of carbonyl (C=O) groups is 1. The van der Waals surface area contributed by atoms with E-state index in [2.05, 4.69) is 15.1 Å². The summed E-state index contributed by atoms with van der Waals surface area (Å²) in [5.74, 6) is 0.0735. The topological polar surface area (TPSA) is 49.3 Å². The zero-order valence-electron chi connectivity index (χ0n) is 14.8. The Kier molecular flexibility index (Phi) is 5.03. The zero-order chi connectivity index (χ0) is 18.6. The number of anilines is 1. The van der Waals surface area contributed by atoms with Crippen molar-refractivity contribution in [1.82, 2.24) is 15.1 Å². The van der Waals surface area contributed by atoms with Crippen LogP contribution in [0.5, 0.6) is 0 Å². The van der Waals surface area contributed by atoms with Gasteiger partial charge in [0.2, 0.25) is 0 Å². The van der Waals surface area contributed by atoms with Gasteiger partial charge in [-0.05, 0) is 12.1 Å². The van der Waals surface area contributed by atoms with Gasteiger partial charge in [-0.2, -0.15) is 0 Å². The highest BCUT2D eigenvalue weighted by Gasteiger charge is 2.24. The molecule has 1 fully saturated rings. The van der Waals surface area contributed by atoms with Gasteiger partial charge in [-0.3, -0.25) is 4.79 Å². The van der Waals surface area contributed by atoms with Crippen LogP contribution < -0.4 is 4.90 Å². The van der Waals surface area contributed by atoms with Crippen LogP contribution in [0.4, 0.5) is 5.69 Å². The van der Waals surface area contributed by atoms with Crippen molar-refractivity contribution in [2.45, 2.75) is 0 Å². The van der Waals surface area contributed by atoms with Crippen molar-refractivity contribution < 1.29 is 4.79 Å². The fourth-order valence-corrected chi connectivity index (χ4v) is 3.46. The van der Waals surface area contributed by atoms with Gasteiger partial charge in [-0.1, -0.05) is 60.1 Å². The standard InChI is InChI=1S/C21H19ClN4O/c22-19-15-18(20(24-23-19)16-7-3-1-4-8-16)25-11-13-26(14-12-25)21(27)17-9-5-2-6-10-17/h1-10,15H,11-14H2. The van der Waals surface area contributed by atoms with Crippen LogP contribution in [0.1, 0.15) is 10.4 Å². The summed E-state index contributed by atoms with van der Waals surface area (Å²) in [6, 6.07) is 21.2. The predicted octanol–water partition coefficient (Wildman–Crippen LogP) is 3.76. The number of carbonyl (C=O) groups excluding carboxylic acids is 1. The third-order valence-corrected chi connectivity index (χ3v) is 4.90. The summed E-state index contributed by atoms with van der Waals surface area (Å²) in [6.07, 6.45) is 0. The normalized spacial score (nSPS) is 14.3. The van der Waals surface area contributed by atoms with Crippen LogP contribution >= 0.6 is 11.6 Å². The zero-order valence-corrected chi connectivity index (χ0v) is 15.5. The van der Waals surface area contributed by atoms with Crippen LogP contribution in [0.15, 0.2) is 66.7 Å². The van der Waals surface area contributed by atoms with E-state index in [1.165, 1.54) is 0 Å². The summed E-state index contributed by atoms with van der Waals surface area (Å²) >= 11 is 6.12. The molecule has 3 aromatic rings. The van der Waals surface area contributed by atoms with Crippen molar-refractivity contribution in [3.05, 3.63) is 77.4 Å². The Labute approximate surface area is 163 Å². The Hall–Kier alpha value is -2.92. The lowest BCUT2D eigenvalue weighted by Gasteiger charge is -2.36. The molecular weight excluding hydrogens is 360 g/mol. The molecule has 0 unspecified atom stereocenters. The Morgan fingerprint density at radius 1 is 0.852 bits per heavy atom. The first-order valence-electron chi connectivity index (χ1n) is 8.90. The molecule has 6 heteroatoms. The average Bonchev–Trinajstić information content (AvgIpc) is 2.74. The van der Waals surface area contributed by atoms with Crippen LogP contribution in [-0.4, -0.2) is 47.2 Å². The molecule has 1 amide bonds. The monoisotopic (exact) mass is 378 g/mol. The number of hydrogen-bond donors (Lipinski definition) is 0. The van der Waals surface area contributed by atoms with E-state index in [4.69, 9.17) is 11.6 Å². The lowest BCUT2D eigenvalue weighted by molar-refractivity contribution is 0.0747. The maximum absolute atomic E-state index is 12.6. The number of aromatic nitrogens is 2. The van der Waals surface area contributed by atoms with Crippen molar-refractivity contribution in [3.63, 3.8) is 0 Å². The van der Waals surface area contributed by atoms with E-state index >= 15 is 0 Å². The summed E-state index contributed by atoms with van der Waals surface area (Å²) in [5, 5.41) is 8.71. The van der Waals surface area contributed by atoms with Crippen molar-refractivity contribution in [1.29, 1.82) is 0 Å². The molecule has 1 saturated heterocycles. The van der Waals surface area contributed by atoms with Gasteiger partial charge < -0.3 is 9.80 Å². The Bertz CT molecular complexity index is 925. The van der Waals surface area contributed by atoms with Gasteiger partial charge >= 0.3 is 0 Å². The van der Waals surface area contributed by atoms with Crippen molar-refractivity contribution in [2.75, 3.05) is 31.1 Å². The van der Waals surface area contributed by atoms with E-state index in [1.807, 2.05) is 71.6 Å². The fourth-order valence-electron chi connectivity index (χ4n) is 3.32. The first-order chi connectivity index (χ1) is 13.2. The van der Waals surface area contributed by atoms with Crippen LogP contribution in [0.2, 0.25) is 5.15 Å². The number of benzene rings is 2. The molecule has 2 heterocycles. The number of piperazine rings is 1. The molecule has 2 aromatic carbocycles. The minimum absolute atomic E-state index is 0.0735. The molecule has 0 bridgehead atoms. The maximum atomic E-state index is 12.6. The van der Waals surface area contributed by atoms with Crippen molar-refractivity contribution in [2.24, 2.45) is 0 Å². The van der Waals surface area contributed by atoms with Crippen LogP contribution in [0, 0.1) is 0 Å². The van der Waals surface area contributed by atoms with E-state index in [9.17, 15) is 4.79 Å². The van der Waals surface area contributed by atoms with Crippen molar-refractivity contribution in [3.8, 4) is 11.3 Å². The Morgan fingerprint density at radius 2 is 1.48 bits per heavy atom. The molecule has 27 heavy (non-hydrogen) atoms. The molecule has 4 rings (SSSR count). The smallest absolute Gasteiger partial charge is 0.253 e. The Morgan fingerprint density at radius 3 is 2.15 bits per heavy atom. The van der Waals surface area contributed by atoms with Gasteiger partial charge in [0.05, 0.1) is 5.69 Å². The molecule has 1 aromatic heterocycles. The third-order valence-electron chi connectivity index (χ3n) is 4.72. The maximum Gasteiger partial charge on any atom is 0.253 e. The van der Waals surface area contributed by atoms with Crippen molar-refractivity contribution >= 4 is 23.2 Å². The van der Waals surface area contributed by atoms with Crippen LogP contribution in [0.25, 0.3) is 11.3 Å². The van der Waals surface area contributed by atoms with Gasteiger partial charge in [0.25, 0.3) is 5.91 Å². The largest absolute Gasteiger partial charge is 0.366 e. The molecular formula is C21H19ClN4O. The second-order valence-electron chi connectivity index (χ2n) is 6.41. The molecule has 0 atom stereocenters.